The van der Waals surface area contributed by atoms with E-state index < -0.39 is 5.92 Å². The highest BCUT2D eigenvalue weighted by molar-refractivity contribution is 8.04. The van der Waals surface area contributed by atoms with Crippen LogP contribution >= 0.6 is 11.8 Å². The summed E-state index contributed by atoms with van der Waals surface area (Å²) in [6.45, 7) is 4.22. The standard InChI is InChI=1S/C18H21N3O3S/c1-10(2)11-5-7-12(8-6-11)19-15(22)14-9-13-16(23)20(3)18(24)21(4)17(13)25-14/h5-10,13,17H,1-4H3,(H,19,22). The van der Waals surface area contributed by atoms with Crippen LogP contribution in [-0.4, -0.2) is 47.1 Å². The van der Waals surface area contributed by atoms with Crippen LogP contribution in [0, 0.1) is 5.92 Å². The van der Waals surface area contributed by atoms with Gasteiger partial charge in [-0.2, -0.15) is 0 Å². The van der Waals surface area contributed by atoms with Gasteiger partial charge < -0.3 is 10.2 Å². The summed E-state index contributed by atoms with van der Waals surface area (Å²) in [6, 6.07) is 7.37. The zero-order valence-electron chi connectivity index (χ0n) is 14.6. The van der Waals surface area contributed by atoms with E-state index in [1.807, 2.05) is 24.3 Å². The highest BCUT2D eigenvalue weighted by Crippen LogP contribution is 2.42. The van der Waals surface area contributed by atoms with E-state index in [0.29, 0.717) is 16.5 Å². The molecular weight excluding hydrogens is 338 g/mol. The zero-order chi connectivity index (χ0) is 18.3. The monoisotopic (exact) mass is 359 g/mol. The number of anilines is 1. The number of amides is 4. The minimum absolute atomic E-state index is 0.256. The quantitative estimate of drug-likeness (QED) is 0.901. The van der Waals surface area contributed by atoms with E-state index in [-0.39, 0.29) is 23.2 Å². The van der Waals surface area contributed by atoms with Crippen molar-refractivity contribution in [2.24, 2.45) is 5.92 Å². The molecule has 1 fully saturated rings. The van der Waals surface area contributed by atoms with Gasteiger partial charge in [-0.05, 0) is 29.7 Å². The van der Waals surface area contributed by atoms with Crippen molar-refractivity contribution in [2.75, 3.05) is 19.4 Å². The van der Waals surface area contributed by atoms with Crippen molar-refractivity contribution < 1.29 is 14.4 Å². The normalized spacial score (nSPS) is 23.0. The Morgan fingerprint density at radius 2 is 1.80 bits per heavy atom. The van der Waals surface area contributed by atoms with Crippen molar-refractivity contribution in [1.29, 1.82) is 0 Å². The fraction of sp³-hybridized carbons (Fsp3) is 0.389. The fourth-order valence-corrected chi connectivity index (χ4v) is 4.17. The van der Waals surface area contributed by atoms with Crippen LogP contribution in [0.4, 0.5) is 10.5 Å². The number of rotatable bonds is 3. The molecule has 4 amide bonds. The number of hydrogen-bond acceptors (Lipinski definition) is 4. The number of carbonyl (C=O) groups excluding carboxylic acids is 3. The Kier molecular flexibility index (Phi) is 4.60. The third-order valence-corrected chi connectivity index (χ3v) is 5.96. The highest BCUT2D eigenvalue weighted by Gasteiger charge is 2.47. The number of carbonyl (C=O) groups is 3. The molecule has 0 radical (unpaired) electrons. The average Bonchev–Trinajstić information content (AvgIpc) is 3.04. The summed E-state index contributed by atoms with van der Waals surface area (Å²) in [5, 5.41) is 2.49. The highest BCUT2D eigenvalue weighted by atomic mass is 32.2. The van der Waals surface area contributed by atoms with Crippen molar-refractivity contribution in [3.05, 3.63) is 40.8 Å². The van der Waals surface area contributed by atoms with Crippen molar-refractivity contribution in [3.8, 4) is 0 Å². The molecule has 2 heterocycles. The smallest absolute Gasteiger partial charge is 0.322 e. The van der Waals surface area contributed by atoms with Gasteiger partial charge in [-0.25, -0.2) is 4.79 Å². The van der Waals surface area contributed by atoms with Crippen molar-refractivity contribution in [3.63, 3.8) is 0 Å². The summed E-state index contributed by atoms with van der Waals surface area (Å²) in [6.07, 6.45) is 1.66. The Morgan fingerprint density at radius 3 is 2.40 bits per heavy atom. The molecular formula is C18H21N3O3S. The molecule has 6 nitrogen and oxygen atoms in total. The first-order chi connectivity index (χ1) is 11.8. The van der Waals surface area contributed by atoms with Gasteiger partial charge in [0.1, 0.15) is 0 Å². The number of benzene rings is 1. The van der Waals surface area contributed by atoms with Gasteiger partial charge in [0.15, 0.2) is 0 Å². The lowest BCUT2D eigenvalue weighted by Gasteiger charge is -2.37. The van der Waals surface area contributed by atoms with Crippen LogP contribution in [0.1, 0.15) is 25.3 Å². The summed E-state index contributed by atoms with van der Waals surface area (Å²) in [5.41, 5.74) is 1.91. The van der Waals surface area contributed by atoms with Gasteiger partial charge in [-0.1, -0.05) is 37.7 Å². The Bertz CT molecular complexity index is 757. The van der Waals surface area contributed by atoms with E-state index in [0.717, 1.165) is 4.90 Å². The van der Waals surface area contributed by atoms with Gasteiger partial charge in [0.05, 0.1) is 16.2 Å². The third kappa shape index (κ3) is 3.16. The Hall–Kier alpha value is -2.28. The van der Waals surface area contributed by atoms with E-state index in [1.54, 1.807) is 13.1 Å². The second-order valence-corrected chi connectivity index (χ2v) is 7.75. The maximum Gasteiger partial charge on any atom is 0.327 e. The van der Waals surface area contributed by atoms with E-state index in [1.165, 1.54) is 29.3 Å². The molecule has 25 heavy (non-hydrogen) atoms. The topological polar surface area (TPSA) is 69.7 Å². The van der Waals surface area contributed by atoms with E-state index in [2.05, 4.69) is 19.2 Å². The number of fused-ring (bicyclic) bond motifs is 1. The zero-order valence-corrected chi connectivity index (χ0v) is 15.5. The van der Waals surface area contributed by atoms with Crippen LogP contribution in [0.2, 0.25) is 0 Å². The van der Waals surface area contributed by atoms with Crippen LogP contribution in [0.25, 0.3) is 0 Å². The molecule has 1 N–H and O–H groups in total. The number of imide groups is 1. The molecule has 0 bridgehead atoms. The number of urea groups is 1. The predicted molar refractivity (Wildman–Crippen MR) is 98.0 cm³/mol. The van der Waals surface area contributed by atoms with Crippen molar-refractivity contribution >= 4 is 35.3 Å². The molecule has 7 heteroatoms. The summed E-state index contributed by atoms with van der Waals surface area (Å²) >= 11 is 1.25. The van der Waals surface area contributed by atoms with Crippen LogP contribution in [0.15, 0.2) is 35.2 Å². The Balaban J connectivity index is 1.73. The second kappa shape index (κ2) is 6.55. The number of thioether (sulfide) groups is 1. The van der Waals surface area contributed by atoms with Crippen molar-refractivity contribution in [2.45, 2.75) is 25.1 Å². The first kappa shape index (κ1) is 17.5. The molecule has 0 saturated carbocycles. The molecule has 3 rings (SSSR count). The molecule has 1 saturated heterocycles. The Morgan fingerprint density at radius 1 is 1.16 bits per heavy atom. The Labute approximate surface area is 151 Å². The lowest BCUT2D eigenvalue weighted by atomic mass is 10.0. The SMILES string of the molecule is CC(C)c1ccc(NC(=O)C2=CC3C(=O)N(C)C(=O)N(C)C3S2)cc1. The fourth-order valence-electron chi connectivity index (χ4n) is 2.94. The third-order valence-electron chi connectivity index (χ3n) is 4.53. The maximum absolute atomic E-state index is 12.5. The first-order valence-electron chi connectivity index (χ1n) is 8.13. The van der Waals surface area contributed by atoms with Gasteiger partial charge in [0.2, 0.25) is 5.91 Å². The minimum atomic E-state index is -0.484. The van der Waals surface area contributed by atoms with Crippen LogP contribution in [-0.2, 0) is 9.59 Å². The second-order valence-electron chi connectivity index (χ2n) is 6.59. The first-order valence-corrected chi connectivity index (χ1v) is 9.01. The molecule has 2 atom stereocenters. The number of nitrogens with zero attached hydrogens (tertiary/aromatic N) is 2. The molecule has 132 valence electrons. The summed E-state index contributed by atoms with van der Waals surface area (Å²) in [4.78, 5) is 39.9. The van der Waals surface area contributed by atoms with Crippen LogP contribution in [0.5, 0.6) is 0 Å². The minimum Gasteiger partial charge on any atom is -0.322 e. The molecule has 0 aliphatic carbocycles. The van der Waals surface area contributed by atoms with E-state index >= 15 is 0 Å². The largest absolute Gasteiger partial charge is 0.327 e. The number of hydrogen-bond donors (Lipinski definition) is 1. The summed E-state index contributed by atoms with van der Waals surface area (Å²) in [5.74, 6) is -0.587. The van der Waals surface area contributed by atoms with Crippen LogP contribution < -0.4 is 5.32 Å². The number of nitrogens with one attached hydrogen (secondary N) is 1. The molecule has 2 aliphatic rings. The van der Waals surface area contributed by atoms with E-state index in [9.17, 15) is 14.4 Å². The lowest BCUT2D eigenvalue weighted by Crippen LogP contribution is -2.56. The maximum atomic E-state index is 12.5. The van der Waals surface area contributed by atoms with Gasteiger partial charge >= 0.3 is 6.03 Å². The molecule has 2 aliphatic heterocycles. The summed E-state index contributed by atoms with van der Waals surface area (Å²) < 4.78 is 0. The predicted octanol–water partition coefficient (Wildman–Crippen LogP) is 2.85. The molecule has 0 spiro atoms. The van der Waals surface area contributed by atoms with Crippen molar-refractivity contribution in [1.82, 2.24) is 9.80 Å². The van der Waals surface area contributed by atoms with Crippen LogP contribution in [0.3, 0.4) is 0 Å². The van der Waals surface area contributed by atoms with Gasteiger partial charge in [-0.15, -0.1) is 0 Å². The molecule has 2 unspecified atom stereocenters. The lowest BCUT2D eigenvalue weighted by molar-refractivity contribution is -0.133. The molecule has 1 aromatic rings. The van der Waals surface area contributed by atoms with Gasteiger partial charge in [0.25, 0.3) is 5.91 Å². The average molecular weight is 359 g/mol. The van der Waals surface area contributed by atoms with Gasteiger partial charge in [-0.3, -0.25) is 14.5 Å². The molecule has 1 aromatic carbocycles. The van der Waals surface area contributed by atoms with E-state index in [4.69, 9.17) is 0 Å². The summed E-state index contributed by atoms with van der Waals surface area (Å²) in [7, 11) is 3.11. The molecule has 0 aromatic heterocycles. The van der Waals surface area contributed by atoms with Gasteiger partial charge in [0, 0.05) is 19.8 Å².